The minimum Gasteiger partial charge on any atom is -0.504 e. The minimum atomic E-state index is -0.305. The predicted molar refractivity (Wildman–Crippen MR) is 90.7 cm³/mol. The molecule has 0 bridgehead atoms. The molecule has 5 nitrogen and oxygen atoms in total. The fourth-order valence-electron chi connectivity index (χ4n) is 2.74. The van der Waals surface area contributed by atoms with E-state index in [4.69, 9.17) is 10.5 Å². The van der Waals surface area contributed by atoms with Gasteiger partial charge in [0.05, 0.1) is 0 Å². The van der Waals surface area contributed by atoms with Crippen molar-refractivity contribution >= 4 is 17.2 Å². The monoisotopic (exact) mass is 332 g/mol. The van der Waals surface area contributed by atoms with E-state index in [0.29, 0.717) is 38.4 Å². The summed E-state index contributed by atoms with van der Waals surface area (Å²) < 4.78 is 5.71. The van der Waals surface area contributed by atoms with Gasteiger partial charge in [0.1, 0.15) is 6.61 Å². The largest absolute Gasteiger partial charge is 0.504 e. The highest BCUT2D eigenvalue weighted by atomic mass is 32.1. The molecule has 6 heteroatoms. The van der Waals surface area contributed by atoms with E-state index in [-0.39, 0.29) is 11.7 Å². The number of nitrogens with two attached hydrogens (primary N) is 1. The van der Waals surface area contributed by atoms with Gasteiger partial charge in [-0.15, -0.1) is 11.3 Å². The van der Waals surface area contributed by atoms with Crippen LogP contribution in [0.1, 0.15) is 16.9 Å². The molecule has 1 amide bonds. The van der Waals surface area contributed by atoms with Crippen LogP contribution in [0, 0.1) is 6.92 Å². The van der Waals surface area contributed by atoms with E-state index >= 15 is 0 Å². The Bertz CT molecular complexity index is 727. The zero-order chi connectivity index (χ0) is 16.4. The van der Waals surface area contributed by atoms with Crippen molar-refractivity contribution in [2.75, 3.05) is 19.7 Å². The summed E-state index contributed by atoms with van der Waals surface area (Å²) in [6.45, 7) is 4.48. The first-order chi connectivity index (χ1) is 11.0. The number of aryl methyl sites for hydroxylation is 1. The van der Waals surface area contributed by atoms with Crippen LogP contribution < -0.4 is 10.5 Å². The minimum absolute atomic E-state index is 0.167. The fourth-order valence-corrected chi connectivity index (χ4v) is 3.60. The van der Waals surface area contributed by atoms with E-state index in [9.17, 15) is 9.90 Å². The Kier molecular flexibility index (Phi) is 4.54. The smallest absolute Gasteiger partial charge is 0.218 e. The molecule has 1 aliphatic rings. The van der Waals surface area contributed by atoms with E-state index in [1.54, 1.807) is 17.4 Å². The lowest BCUT2D eigenvalue weighted by Crippen LogP contribution is -2.29. The van der Waals surface area contributed by atoms with Crippen LogP contribution in [0.4, 0.5) is 0 Å². The molecular weight excluding hydrogens is 312 g/mol. The maximum atomic E-state index is 11.0. The number of phenols is 1. The van der Waals surface area contributed by atoms with Gasteiger partial charge in [-0.05, 0) is 36.8 Å². The lowest BCUT2D eigenvalue weighted by Gasteiger charge is -2.18. The first kappa shape index (κ1) is 15.8. The van der Waals surface area contributed by atoms with Crippen LogP contribution >= 0.6 is 11.3 Å². The summed E-state index contributed by atoms with van der Waals surface area (Å²) in [7, 11) is 0. The summed E-state index contributed by atoms with van der Waals surface area (Å²) in [6, 6.07) is 7.94. The number of primary amides is 1. The van der Waals surface area contributed by atoms with Crippen molar-refractivity contribution in [1.82, 2.24) is 4.90 Å². The maximum absolute atomic E-state index is 11.0. The molecule has 1 aromatic heterocycles. The van der Waals surface area contributed by atoms with Gasteiger partial charge in [0.2, 0.25) is 5.91 Å². The molecule has 0 aliphatic carbocycles. The van der Waals surface area contributed by atoms with Crippen molar-refractivity contribution in [3.63, 3.8) is 0 Å². The maximum Gasteiger partial charge on any atom is 0.218 e. The molecule has 1 aromatic carbocycles. The Labute approximate surface area is 139 Å². The molecule has 0 atom stereocenters. The molecule has 0 fully saturated rings. The number of hydrogen-bond acceptors (Lipinski definition) is 5. The molecule has 122 valence electrons. The lowest BCUT2D eigenvalue weighted by molar-refractivity contribution is -0.118. The number of phenolic OH excluding ortho intramolecular Hbond substituents is 1. The number of carbonyl (C=O) groups is 1. The Morgan fingerprint density at radius 1 is 1.43 bits per heavy atom. The lowest BCUT2D eigenvalue weighted by atomic mass is 10.1. The summed E-state index contributed by atoms with van der Waals surface area (Å²) in [5.74, 6) is 0.407. The van der Waals surface area contributed by atoms with Crippen molar-refractivity contribution in [3.8, 4) is 21.9 Å². The number of carbonyl (C=O) groups excluding carboxylic acids is 1. The van der Waals surface area contributed by atoms with Crippen molar-refractivity contribution in [3.05, 3.63) is 34.7 Å². The van der Waals surface area contributed by atoms with Crippen molar-refractivity contribution in [2.45, 2.75) is 19.9 Å². The van der Waals surface area contributed by atoms with Crippen molar-refractivity contribution in [2.24, 2.45) is 5.73 Å². The number of aromatic hydroxyl groups is 1. The van der Waals surface area contributed by atoms with E-state index in [1.165, 1.54) is 4.88 Å². The number of benzene rings is 1. The van der Waals surface area contributed by atoms with Crippen LogP contribution in [0.3, 0.4) is 0 Å². The van der Waals surface area contributed by atoms with Crippen LogP contribution in [0.15, 0.2) is 24.3 Å². The third kappa shape index (κ3) is 3.65. The second-order valence-electron chi connectivity index (χ2n) is 5.73. The van der Waals surface area contributed by atoms with E-state index < -0.39 is 0 Å². The Hall–Kier alpha value is -2.05. The molecule has 0 saturated heterocycles. The van der Waals surface area contributed by atoms with Crippen LogP contribution in [0.25, 0.3) is 10.4 Å². The third-order valence-electron chi connectivity index (χ3n) is 3.89. The van der Waals surface area contributed by atoms with Gasteiger partial charge >= 0.3 is 0 Å². The molecular formula is C17H20N2O3S. The molecule has 1 aliphatic heterocycles. The van der Waals surface area contributed by atoms with Gasteiger partial charge in [-0.2, -0.15) is 0 Å². The summed E-state index contributed by atoms with van der Waals surface area (Å²) >= 11 is 1.69. The average Bonchev–Trinajstić information content (AvgIpc) is 2.81. The predicted octanol–water partition coefficient (Wildman–Crippen LogP) is 2.50. The van der Waals surface area contributed by atoms with Crippen LogP contribution in [0.2, 0.25) is 0 Å². The Morgan fingerprint density at radius 3 is 2.96 bits per heavy atom. The van der Waals surface area contributed by atoms with Gasteiger partial charge in [0.15, 0.2) is 11.5 Å². The second-order valence-corrected chi connectivity index (χ2v) is 7.02. The Morgan fingerprint density at radius 2 is 2.26 bits per heavy atom. The van der Waals surface area contributed by atoms with Gasteiger partial charge < -0.3 is 15.6 Å². The van der Waals surface area contributed by atoms with Gasteiger partial charge in [-0.3, -0.25) is 9.69 Å². The van der Waals surface area contributed by atoms with Gasteiger partial charge in [-0.1, -0.05) is 0 Å². The highest BCUT2D eigenvalue weighted by molar-refractivity contribution is 7.15. The topological polar surface area (TPSA) is 75.8 Å². The first-order valence-corrected chi connectivity index (χ1v) is 8.41. The third-order valence-corrected chi connectivity index (χ3v) is 4.94. The molecule has 3 N–H and O–H groups in total. The number of hydrogen-bond donors (Lipinski definition) is 2. The zero-order valence-electron chi connectivity index (χ0n) is 13.0. The fraction of sp³-hybridized carbons (Fsp3) is 0.353. The Balaban J connectivity index is 1.89. The number of fused-ring (bicyclic) bond motifs is 1. The first-order valence-electron chi connectivity index (χ1n) is 7.59. The normalized spacial score (nSPS) is 14.8. The quantitative estimate of drug-likeness (QED) is 0.902. The number of ether oxygens (including phenoxy) is 1. The van der Waals surface area contributed by atoms with Crippen LogP contribution in [-0.2, 0) is 11.3 Å². The molecule has 0 unspecified atom stereocenters. The zero-order valence-corrected chi connectivity index (χ0v) is 13.9. The molecule has 3 rings (SSSR count). The highest BCUT2D eigenvalue weighted by Crippen LogP contribution is 2.39. The van der Waals surface area contributed by atoms with Gasteiger partial charge in [0.25, 0.3) is 0 Å². The molecule has 2 heterocycles. The standard InChI is InChI=1S/C17H20N2O3S/c1-11-2-3-15(23-11)12-8-13-10-19(5-4-16(18)21)6-7-22-17(13)14(20)9-12/h2-3,8-9,20H,4-7,10H2,1H3,(H2,18,21). The molecule has 2 aromatic rings. The number of amides is 1. The van der Waals surface area contributed by atoms with Crippen LogP contribution in [0.5, 0.6) is 11.5 Å². The van der Waals surface area contributed by atoms with Crippen molar-refractivity contribution < 1.29 is 14.6 Å². The van der Waals surface area contributed by atoms with Crippen LogP contribution in [-0.4, -0.2) is 35.6 Å². The van der Waals surface area contributed by atoms with Crippen molar-refractivity contribution in [1.29, 1.82) is 0 Å². The number of rotatable bonds is 4. The summed E-state index contributed by atoms with van der Waals surface area (Å²) in [5, 5.41) is 10.3. The van der Waals surface area contributed by atoms with E-state index in [0.717, 1.165) is 16.0 Å². The number of nitrogens with zero attached hydrogens (tertiary/aromatic N) is 1. The molecule has 0 radical (unpaired) electrons. The highest BCUT2D eigenvalue weighted by Gasteiger charge is 2.20. The second kappa shape index (κ2) is 6.60. The molecule has 0 spiro atoms. The average molecular weight is 332 g/mol. The van der Waals surface area contributed by atoms with Gasteiger partial charge in [-0.25, -0.2) is 0 Å². The van der Waals surface area contributed by atoms with Gasteiger partial charge in [0, 0.05) is 41.4 Å². The molecule has 0 saturated carbocycles. The summed E-state index contributed by atoms with van der Waals surface area (Å²) in [4.78, 5) is 15.5. The summed E-state index contributed by atoms with van der Waals surface area (Å²) in [6.07, 6.45) is 0.325. The SMILES string of the molecule is Cc1ccc(-c2cc(O)c3c(c2)CN(CCC(N)=O)CCO3)s1. The van der Waals surface area contributed by atoms with E-state index in [1.807, 2.05) is 0 Å². The number of thiophene rings is 1. The molecule has 23 heavy (non-hydrogen) atoms. The van der Waals surface area contributed by atoms with E-state index in [2.05, 4.69) is 30.0 Å². The summed E-state index contributed by atoms with van der Waals surface area (Å²) in [5.41, 5.74) is 7.16.